The lowest BCUT2D eigenvalue weighted by molar-refractivity contribution is 0.847. The van der Waals surface area contributed by atoms with Crippen LogP contribution in [0.25, 0.3) is 16.4 Å². The number of hydrogen-bond donors (Lipinski definition) is 0. The van der Waals surface area contributed by atoms with E-state index in [9.17, 15) is 0 Å². The molecule has 0 aliphatic rings. The Morgan fingerprint density at radius 2 is 2.00 bits per heavy atom. The number of pyridine rings is 1. The van der Waals surface area contributed by atoms with Crippen molar-refractivity contribution < 1.29 is 0 Å². The first-order valence-electron chi connectivity index (χ1n) is 6.91. The Bertz CT molecular complexity index is 624. The summed E-state index contributed by atoms with van der Waals surface area (Å²) in [5, 5.41) is 6.60. The molecular formula is C16H19N3S. The van der Waals surface area contributed by atoms with E-state index in [0.717, 1.165) is 17.9 Å². The Balaban J connectivity index is 0.000000704. The lowest BCUT2D eigenvalue weighted by Gasteiger charge is -2.01. The Morgan fingerprint density at radius 3 is 2.60 bits per heavy atom. The molecular weight excluding hydrogens is 266 g/mol. The maximum atomic E-state index is 4.54. The molecule has 3 aromatic heterocycles. The van der Waals surface area contributed by atoms with Gasteiger partial charge in [0.05, 0.1) is 4.88 Å². The number of rotatable bonds is 3. The van der Waals surface area contributed by atoms with Gasteiger partial charge in [-0.05, 0) is 35.6 Å². The van der Waals surface area contributed by atoms with Gasteiger partial charge in [0.2, 0.25) is 0 Å². The molecule has 0 amide bonds. The van der Waals surface area contributed by atoms with Crippen molar-refractivity contribution in [3.05, 3.63) is 53.7 Å². The van der Waals surface area contributed by atoms with Crippen molar-refractivity contribution in [3.8, 4) is 16.4 Å². The van der Waals surface area contributed by atoms with Crippen LogP contribution in [0, 0.1) is 0 Å². The molecule has 0 aromatic carbocycles. The van der Waals surface area contributed by atoms with Gasteiger partial charge in [0.15, 0.2) is 5.82 Å². The highest BCUT2D eigenvalue weighted by molar-refractivity contribution is 7.13. The molecule has 0 saturated heterocycles. The molecule has 0 aliphatic carbocycles. The molecule has 0 spiro atoms. The number of hydrogen-bond acceptors (Lipinski definition) is 3. The average molecular weight is 285 g/mol. The largest absolute Gasteiger partial charge is 0.237 e. The summed E-state index contributed by atoms with van der Waals surface area (Å²) in [6, 6.07) is 10.2. The molecule has 0 aliphatic heterocycles. The van der Waals surface area contributed by atoms with Crippen LogP contribution >= 0.6 is 11.3 Å². The van der Waals surface area contributed by atoms with E-state index in [2.05, 4.69) is 34.5 Å². The molecule has 0 unspecified atom stereocenters. The second-order valence-electron chi connectivity index (χ2n) is 4.00. The molecule has 3 heterocycles. The third-order valence-corrected chi connectivity index (χ3v) is 3.71. The quantitative estimate of drug-likeness (QED) is 0.705. The summed E-state index contributed by atoms with van der Waals surface area (Å²) in [7, 11) is 0. The number of aryl methyl sites for hydroxylation is 1. The van der Waals surface area contributed by atoms with E-state index in [-0.39, 0.29) is 0 Å². The summed E-state index contributed by atoms with van der Waals surface area (Å²) in [6.07, 6.45) is 4.86. The highest BCUT2D eigenvalue weighted by Gasteiger charge is 2.05. The molecule has 3 nitrogen and oxygen atoms in total. The molecule has 0 atom stereocenters. The smallest absolute Gasteiger partial charge is 0.153 e. The fourth-order valence-electron chi connectivity index (χ4n) is 1.77. The first-order chi connectivity index (χ1) is 9.86. The van der Waals surface area contributed by atoms with E-state index in [1.54, 1.807) is 11.3 Å². The lowest BCUT2D eigenvalue weighted by atomic mass is 10.2. The maximum absolute atomic E-state index is 4.54. The maximum Gasteiger partial charge on any atom is 0.153 e. The molecule has 0 fully saturated rings. The van der Waals surface area contributed by atoms with Crippen LogP contribution in [-0.2, 0) is 6.42 Å². The summed E-state index contributed by atoms with van der Waals surface area (Å²) in [4.78, 5) is 5.60. The molecule has 0 radical (unpaired) electrons. The van der Waals surface area contributed by atoms with Crippen molar-refractivity contribution in [3.63, 3.8) is 0 Å². The molecule has 3 rings (SSSR count). The van der Waals surface area contributed by atoms with Gasteiger partial charge in [-0.25, -0.2) is 9.67 Å². The first kappa shape index (κ1) is 14.5. The molecule has 0 saturated carbocycles. The standard InChI is InChI=1S/C14H13N3S.C2H6/c1-2-11-5-6-14(15-10-11)17-8-7-12(16-17)13-4-3-9-18-13;1-2/h3-10H,2H2,1H3;1-2H3. The van der Waals surface area contributed by atoms with Crippen molar-refractivity contribution in [1.29, 1.82) is 0 Å². The normalized spacial score (nSPS) is 9.95. The van der Waals surface area contributed by atoms with Crippen LogP contribution < -0.4 is 0 Å². The van der Waals surface area contributed by atoms with E-state index < -0.39 is 0 Å². The predicted molar refractivity (Wildman–Crippen MR) is 85.4 cm³/mol. The number of thiophene rings is 1. The summed E-state index contributed by atoms with van der Waals surface area (Å²) < 4.78 is 1.81. The second kappa shape index (κ2) is 7.01. The van der Waals surface area contributed by atoms with Crippen molar-refractivity contribution in [1.82, 2.24) is 14.8 Å². The van der Waals surface area contributed by atoms with Gasteiger partial charge in [0.25, 0.3) is 0 Å². The van der Waals surface area contributed by atoms with E-state index in [1.807, 2.05) is 49.1 Å². The third kappa shape index (κ3) is 3.14. The van der Waals surface area contributed by atoms with Gasteiger partial charge in [0, 0.05) is 12.4 Å². The minimum atomic E-state index is 0.856. The van der Waals surface area contributed by atoms with Gasteiger partial charge < -0.3 is 0 Å². The predicted octanol–water partition coefficient (Wildman–Crippen LogP) is 4.58. The van der Waals surface area contributed by atoms with Crippen molar-refractivity contribution in [2.24, 2.45) is 0 Å². The van der Waals surface area contributed by atoms with Gasteiger partial charge in [-0.3, -0.25) is 0 Å². The highest BCUT2D eigenvalue weighted by atomic mass is 32.1. The van der Waals surface area contributed by atoms with Crippen molar-refractivity contribution >= 4 is 11.3 Å². The van der Waals surface area contributed by atoms with Gasteiger partial charge in [-0.2, -0.15) is 5.10 Å². The first-order valence-corrected chi connectivity index (χ1v) is 7.79. The molecule has 0 bridgehead atoms. The van der Waals surface area contributed by atoms with E-state index in [1.165, 1.54) is 10.4 Å². The topological polar surface area (TPSA) is 30.7 Å². The Morgan fingerprint density at radius 1 is 1.15 bits per heavy atom. The third-order valence-electron chi connectivity index (χ3n) is 2.81. The monoisotopic (exact) mass is 285 g/mol. The summed E-state index contributed by atoms with van der Waals surface area (Å²) >= 11 is 1.69. The Hall–Kier alpha value is -1.94. The van der Waals surface area contributed by atoms with E-state index >= 15 is 0 Å². The highest BCUT2D eigenvalue weighted by Crippen LogP contribution is 2.23. The Kier molecular flexibility index (Phi) is 5.07. The SMILES string of the molecule is CC.CCc1ccc(-n2ccc(-c3cccs3)n2)nc1. The lowest BCUT2D eigenvalue weighted by Crippen LogP contribution is -1.98. The minimum absolute atomic E-state index is 0.856. The fourth-order valence-corrected chi connectivity index (χ4v) is 2.46. The molecule has 20 heavy (non-hydrogen) atoms. The second-order valence-corrected chi connectivity index (χ2v) is 4.95. The van der Waals surface area contributed by atoms with Crippen LogP contribution in [0.1, 0.15) is 26.3 Å². The van der Waals surface area contributed by atoms with Gasteiger partial charge in [-0.15, -0.1) is 11.3 Å². The summed E-state index contributed by atoms with van der Waals surface area (Å²) in [5.74, 6) is 0.856. The molecule has 104 valence electrons. The van der Waals surface area contributed by atoms with Crippen molar-refractivity contribution in [2.45, 2.75) is 27.2 Å². The zero-order valence-electron chi connectivity index (χ0n) is 12.1. The van der Waals surface area contributed by atoms with E-state index in [0.29, 0.717) is 0 Å². The summed E-state index contributed by atoms with van der Waals surface area (Å²) in [5.41, 5.74) is 2.23. The summed E-state index contributed by atoms with van der Waals surface area (Å²) in [6.45, 7) is 6.12. The molecule has 0 N–H and O–H groups in total. The van der Waals surface area contributed by atoms with Gasteiger partial charge >= 0.3 is 0 Å². The van der Waals surface area contributed by atoms with Crippen LogP contribution in [0.15, 0.2) is 48.1 Å². The van der Waals surface area contributed by atoms with Gasteiger partial charge in [-0.1, -0.05) is 32.9 Å². The minimum Gasteiger partial charge on any atom is -0.237 e. The van der Waals surface area contributed by atoms with E-state index in [4.69, 9.17) is 0 Å². The zero-order valence-corrected chi connectivity index (χ0v) is 12.9. The van der Waals surface area contributed by atoms with Crippen LogP contribution in [0.5, 0.6) is 0 Å². The fraction of sp³-hybridized carbons (Fsp3) is 0.250. The number of aromatic nitrogens is 3. The Labute approximate surface area is 123 Å². The van der Waals surface area contributed by atoms with Crippen LogP contribution in [-0.4, -0.2) is 14.8 Å². The van der Waals surface area contributed by atoms with Crippen LogP contribution in [0.4, 0.5) is 0 Å². The van der Waals surface area contributed by atoms with Gasteiger partial charge in [0.1, 0.15) is 5.69 Å². The molecule has 4 heteroatoms. The average Bonchev–Trinajstić information content (AvgIpc) is 3.20. The van der Waals surface area contributed by atoms with Crippen LogP contribution in [0.3, 0.4) is 0 Å². The van der Waals surface area contributed by atoms with Crippen molar-refractivity contribution in [2.75, 3.05) is 0 Å². The molecule has 3 aromatic rings. The zero-order chi connectivity index (χ0) is 14.4. The van der Waals surface area contributed by atoms with Crippen LogP contribution in [0.2, 0.25) is 0 Å². The number of nitrogens with zero attached hydrogens (tertiary/aromatic N) is 3.